The van der Waals surface area contributed by atoms with E-state index < -0.39 is 20.7 Å². The van der Waals surface area contributed by atoms with Gasteiger partial charge in [0.1, 0.15) is 10.7 Å². The van der Waals surface area contributed by atoms with Crippen LogP contribution < -0.4 is 0 Å². The van der Waals surface area contributed by atoms with E-state index in [1.807, 2.05) is 19.9 Å². The summed E-state index contributed by atoms with van der Waals surface area (Å²) < 4.78 is 41.2. The van der Waals surface area contributed by atoms with Crippen molar-refractivity contribution >= 4 is 15.9 Å². The van der Waals surface area contributed by atoms with E-state index in [1.165, 1.54) is 10.4 Å². The predicted octanol–water partition coefficient (Wildman–Crippen LogP) is 3.06. The molecule has 0 atom stereocenters. The number of pyridine rings is 1. The van der Waals surface area contributed by atoms with Crippen LogP contribution in [0.15, 0.2) is 47.6 Å². The van der Waals surface area contributed by atoms with E-state index in [1.54, 1.807) is 23.4 Å². The molecule has 2 heterocycles. The molecule has 6 nitrogen and oxygen atoms in total. The van der Waals surface area contributed by atoms with Crippen LogP contribution in [0.25, 0.3) is 0 Å². The number of hydrogen-bond donors (Lipinski definition) is 0. The summed E-state index contributed by atoms with van der Waals surface area (Å²) in [5, 5.41) is 0. The minimum atomic E-state index is -3.95. The van der Waals surface area contributed by atoms with E-state index in [9.17, 15) is 17.6 Å². The molecule has 0 saturated carbocycles. The second-order valence-electron chi connectivity index (χ2n) is 7.14. The Labute approximate surface area is 165 Å². The molecule has 8 heteroatoms. The van der Waals surface area contributed by atoms with E-state index >= 15 is 0 Å². The van der Waals surface area contributed by atoms with Crippen LogP contribution in [-0.4, -0.2) is 47.6 Å². The summed E-state index contributed by atoms with van der Waals surface area (Å²) in [6.07, 6.45) is 4.84. The van der Waals surface area contributed by atoms with Crippen molar-refractivity contribution in [3.63, 3.8) is 0 Å². The van der Waals surface area contributed by atoms with Crippen LogP contribution in [0.1, 0.15) is 42.6 Å². The number of sulfonamides is 1. The van der Waals surface area contributed by atoms with Crippen LogP contribution in [0.2, 0.25) is 0 Å². The third-order valence-corrected chi connectivity index (χ3v) is 6.73. The summed E-state index contributed by atoms with van der Waals surface area (Å²) in [5.41, 5.74) is 1.01. The van der Waals surface area contributed by atoms with Crippen LogP contribution in [0.3, 0.4) is 0 Å². The molecule has 1 fully saturated rings. The molecule has 1 amide bonds. The van der Waals surface area contributed by atoms with Gasteiger partial charge in [0.15, 0.2) is 0 Å². The molecule has 3 rings (SSSR count). The van der Waals surface area contributed by atoms with Crippen molar-refractivity contribution < 1.29 is 17.6 Å². The highest BCUT2D eigenvalue weighted by Gasteiger charge is 2.31. The zero-order valence-corrected chi connectivity index (χ0v) is 16.8. The molecule has 1 saturated heterocycles. The Morgan fingerprint density at radius 2 is 1.96 bits per heavy atom. The molecule has 2 aromatic rings. The fourth-order valence-corrected chi connectivity index (χ4v) is 4.85. The Hall–Kier alpha value is -2.32. The summed E-state index contributed by atoms with van der Waals surface area (Å²) >= 11 is 0. The largest absolute Gasteiger partial charge is 0.332 e. The Kier molecular flexibility index (Phi) is 6.10. The normalized spacial score (nSPS) is 15.1. The van der Waals surface area contributed by atoms with Gasteiger partial charge in [-0.1, -0.05) is 6.07 Å². The Bertz CT molecular complexity index is 942. The van der Waals surface area contributed by atoms with Crippen LogP contribution in [0, 0.1) is 5.82 Å². The van der Waals surface area contributed by atoms with Gasteiger partial charge in [-0.05, 0) is 56.5 Å². The van der Waals surface area contributed by atoms with Crippen LogP contribution in [-0.2, 0) is 16.6 Å². The van der Waals surface area contributed by atoms with Crippen LogP contribution in [0.4, 0.5) is 4.39 Å². The number of halogens is 1. The molecule has 1 aliphatic heterocycles. The monoisotopic (exact) mass is 405 g/mol. The smallest absolute Gasteiger partial charge is 0.254 e. The van der Waals surface area contributed by atoms with E-state index in [4.69, 9.17) is 0 Å². The first-order valence-corrected chi connectivity index (χ1v) is 10.7. The Morgan fingerprint density at radius 3 is 2.57 bits per heavy atom. The fourth-order valence-electron chi connectivity index (χ4n) is 3.24. The molecule has 0 N–H and O–H groups in total. The molecule has 0 bridgehead atoms. The minimum Gasteiger partial charge on any atom is -0.332 e. The van der Waals surface area contributed by atoms with Gasteiger partial charge in [0.05, 0.1) is 0 Å². The van der Waals surface area contributed by atoms with Crippen molar-refractivity contribution in [2.45, 2.75) is 44.2 Å². The molecule has 0 spiro atoms. The maximum atomic E-state index is 14.3. The lowest BCUT2D eigenvalue weighted by atomic mass is 10.1. The highest BCUT2D eigenvalue weighted by Crippen LogP contribution is 2.25. The standard InChI is InChI=1S/C20H24FN3O3S/c1-15(2)24(14-16-6-5-9-22-13-16)20(25)17-7-8-18(21)19(12-17)28(26,27)23-10-3-4-11-23/h5-9,12-13,15H,3-4,10-11,14H2,1-2H3. The molecule has 1 aromatic carbocycles. The van der Waals surface area contributed by atoms with Gasteiger partial charge < -0.3 is 4.90 Å². The predicted molar refractivity (Wildman–Crippen MR) is 104 cm³/mol. The van der Waals surface area contributed by atoms with Gasteiger partial charge in [0.25, 0.3) is 5.91 Å². The van der Waals surface area contributed by atoms with Crippen molar-refractivity contribution in [1.29, 1.82) is 0 Å². The molecule has 0 aliphatic carbocycles. The highest BCUT2D eigenvalue weighted by molar-refractivity contribution is 7.89. The summed E-state index contributed by atoms with van der Waals surface area (Å²) in [7, 11) is -3.95. The first kappa shape index (κ1) is 20.4. The summed E-state index contributed by atoms with van der Waals surface area (Å²) in [6.45, 7) is 4.83. The lowest BCUT2D eigenvalue weighted by Gasteiger charge is -2.27. The number of carbonyl (C=O) groups excluding carboxylic acids is 1. The van der Waals surface area contributed by atoms with Crippen LogP contribution >= 0.6 is 0 Å². The maximum absolute atomic E-state index is 14.3. The first-order chi connectivity index (χ1) is 13.3. The Balaban J connectivity index is 1.92. The lowest BCUT2D eigenvalue weighted by molar-refractivity contribution is 0.0690. The second kappa shape index (κ2) is 8.36. The molecule has 0 radical (unpaired) electrons. The van der Waals surface area contributed by atoms with Gasteiger partial charge in [0, 0.05) is 43.6 Å². The summed E-state index contributed by atoms with van der Waals surface area (Å²) in [5.74, 6) is -1.19. The van der Waals surface area contributed by atoms with Crippen molar-refractivity contribution in [2.75, 3.05) is 13.1 Å². The number of benzene rings is 1. The number of carbonyl (C=O) groups is 1. The molecular formula is C20H24FN3O3S. The van der Waals surface area contributed by atoms with Crippen molar-refractivity contribution in [2.24, 2.45) is 0 Å². The summed E-state index contributed by atoms with van der Waals surface area (Å²) in [4.78, 5) is 18.3. The fraction of sp³-hybridized carbons (Fsp3) is 0.400. The zero-order valence-electron chi connectivity index (χ0n) is 16.0. The average molecular weight is 405 g/mol. The van der Waals surface area contributed by atoms with Crippen molar-refractivity contribution in [3.8, 4) is 0 Å². The highest BCUT2D eigenvalue weighted by atomic mass is 32.2. The van der Waals surface area contributed by atoms with Crippen molar-refractivity contribution in [1.82, 2.24) is 14.2 Å². The van der Waals surface area contributed by atoms with Crippen molar-refractivity contribution in [3.05, 3.63) is 59.7 Å². The molecule has 28 heavy (non-hydrogen) atoms. The zero-order chi connectivity index (χ0) is 20.3. The third-order valence-electron chi connectivity index (χ3n) is 4.82. The average Bonchev–Trinajstić information content (AvgIpc) is 3.22. The van der Waals surface area contributed by atoms with E-state index in [0.29, 0.717) is 19.6 Å². The van der Waals surface area contributed by atoms with Crippen LogP contribution in [0.5, 0.6) is 0 Å². The van der Waals surface area contributed by atoms with Gasteiger partial charge >= 0.3 is 0 Å². The van der Waals surface area contributed by atoms with Gasteiger partial charge in [-0.3, -0.25) is 9.78 Å². The molecule has 150 valence electrons. The van der Waals surface area contributed by atoms with Gasteiger partial charge in [0.2, 0.25) is 10.0 Å². The summed E-state index contributed by atoms with van der Waals surface area (Å²) in [6, 6.07) is 7.07. The number of nitrogens with zero attached hydrogens (tertiary/aromatic N) is 3. The molecular weight excluding hydrogens is 381 g/mol. The van der Waals surface area contributed by atoms with Gasteiger partial charge in [-0.15, -0.1) is 0 Å². The van der Waals surface area contributed by atoms with E-state index in [2.05, 4.69) is 4.98 Å². The number of hydrogen-bond acceptors (Lipinski definition) is 4. The van der Waals surface area contributed by atoms with E-state index in [-0.39, 0.29) is 17.5 Å². The second-order valence-corrected chi connectivity index (χ2v) is 9.05. The van der Waals surface area contributed by atoms with E-state index in [0.717, 1.165) is 30.5 Å². The quantitative estimate of drug-likeness (QED) is 0.741. The lowest BCUT2D eigenvalue weighted by Crippen LogP contribution is -2.36. The first-order valence-electron chi connectivity index (χ1n) is 9.30. The number of aromatic nitrogens is 1. The third kappa shape index (κ3) is 4.23. The maximum Gasteiger partial charge on any atom is 0.254 e. The molecule has 0 unspecified atom stereocenters. The molecule has 1 aliphatic rings. The number of amides is 1. The minimum absolute atomic E-state index is 0.128. The number of rotatable bonds is 6. The topological polar surface area (TPSA) is 70.6 Å². The van der Waals surface area contributed by atoms with Gasteiger partial charge in [-0.25, -0.2) is 12.8 Å². The van der Waals surface area contributed by atoms with Gasteiger partial charge in [-0.2, -0.15) is 4.31 Å². The Morgan fingerprint density at radius 1 is 1.25 bits per heavy atom. The molecule has 1 aromatic heterocycles. The SMILES string of the molecule is CC(C)N(Cc1cccnc1)C(=O)c1ccc(F)c(S(=O)(=O)N2CCCC2)c1.